The molecule has 0 fully saturated rings. The Labute approximate surface area is 140 Å². The topological polar surface area (TPSA) is 80.0 Å². The molecule has 2 heterocycles. The van der Waals surface area contributed by atoms with Crippen LogP contribution in [0.1, 0.15) is 28.6 Å². The van der Waals surface area contributed by atoms with Gasteiger partial charge in [-0.1, -0.05) is 19.1 Å². The number of amides is 1. The number of rotatable bonds is 6. The van der Waals surface area contributed by atoms with E-state index in [-0.39, 0.29) is 5.91 Å². The zero-order chi connectivity index (χ0) is 16.8. The molecule has 6 heteroatoms. The van der Waals surface area contributed by atoms with Gasteiger partial charge in [-0.3, -0.25) is 4.79 Å². The monoisotopic (exact) mass is 322 g/mol. The SMILES string of the molecule is CCc1ccc(Nc2ncc(C(=O)NCc3ccco3)cn2)cc1. The third kappa shape index (κ3) is 3.98. The zero-order valence-electron chi connectivity index (χ0n) is 13.3. The molecule has 0 spiro atoms. The lowest BCUT2D eigenvalue weighted by atomic mass is 10.1. The predicted molar refractivity (Wildman–Crippen MR) is 91.0 cm³/mol. The van der Waals surface area contributed by atoms with Gasteiger partial charge in [0.05, 0.1) is 18.4 Å². The van der Waals surface area contributed by atoms with Crippen molar-refractivity contribution in [1.82, 2.24) is 15.3 Å². The number of carbonyl (C=O) groups excluding carboxylic acids is 1. The number of anilines is 2. The van der Waals surface area contributed by atoms with Crippen molar-refractivity contribution in [2.75, 3.05) is 5.32 Å². The Bertz CT molecular complexity index is 781. The second-order valence-corrected chi connectivity index (χ2v) is 5.23. The van der Waals surface area contributed by atoms with Gasteiger partial charge in [-0.25, -0.2) is 9.97 Å². The Balaban J connectivity index is 1.58. The van der Waals surface area contributed by atoms with E-state index in [0.29, 0.717) is 23.8 Å². The van der Waals surface area contributed by atoms with E-state index in [1.54, 1.807) is 18.4 Å². The Kier molecular flexibility index (Phi) is 4.86. The normalized spacial score (nSPS) is 10.4. The highest BCUT2D eigenvalue weighted by Gasteiger charge is 2.08. The van der Waals surface area contributed by atoms with Gasteiger partial charge in [0.15, 0.2) is 0 Å². The number of carbonyl (C=O) groups is 1. The largest absolute Gasteiger partial charge is 0.467 e. The molecule has 0 bridgehead atoms. The highest BCUT2D eigenvalue weighted by Crippen LogP contribution is 2.14. The summed E-state index contributed by atoms with van der Waals surface area (Å²) in [6.45, 7) is 2.44. The summed E-state index contributed by atoms with van der Waals surface area (Å²) in [4.78, 5) is 20.4. The van der Waals surface area contributed by atoms with Crippen LogP contribution in [0.4, 0.5) is 11.6 Å². The molecule has 0 atom stereocenters. The van der Waals surface area contributed by atoms with Crippen LogP contribution in [-0.4, -0.2) is 15.9 Å². The van der Waals surface area contributed by atoms with Gasteiger partial charge in [0, 0.05) is 18.1 Å². The van der Waals surface area contributed by atoms with Crippen LogP contribution in [0.15, 0.2) is 59.5 Å². The lowest BCUT2D eigenvalue weighted by Gasteiger charge is -2.06. The van der Waals surface area contributed by atoms with E-state index in [0.717, 1.165) is 12.1 Å². The number of nitrogens with one attached hydrogen (secondary N) is 2. The minimum Gasteiger partial charge on any atom is -0.467 e. The molecule has 24 heavy (non-hydrogen) atoms. The molecule has 3 aromatic rings. The predicted octanol–water partition coefficient (Wildman–Crippen LogP) is 3.31. The number of aromatic nitrogens is 2. The highest BCUT2D eigenvalue weighted by atomic mass is 16.3. The fraction of sp³-hybridized carbons (Fsp3) is 0.167. The maximum Gasteiger partial charge on any atom is 0.254 e. The van der Waals surface area contributed by atoms with Crippen LogP contribution in [0.2, 0.25) is 0 Å². The van der Waals surface area contributed by atoms with Crippen molar-refractivity contribution in [1.29, 1.82) is 0 Å². The Morgan fingerprint density at radius 2 is 1.88 bits per heavy atom. The summed E-state index contributed by atoms with van der Waals surface area (Å²) in [7, 11) is 0. The van der Waals surface area contributed by atoms with Gasteiger partial charge < -0.3 is 15.1 Å². The molecule has 0 unspecified atom stereocenters. The summed E-state index contributed by atoms with van der Waals surface area (Å²) in [6, 6.07) is 11.6. The molecule has 0 aliphatic rings. The van der Waals surface area contributed by atoms with Crippen molar-refractivity contribution in [2.45, 2.75) is 19.9 Å². The summed E-state index contributed by atoms with van der Waals surface area (Å²) < 4.78 is 5.17. The lowest BCUT2D eigenvalue weighted by molar-refractivity contribution is 0.0947. The first-order valence-electron chi connectivity index (χ1n) is 7.73. The van der Waals surface area contributed by atoms with Gasteiger partial charge in [-0.2, -0.15) is 0 Å². The van der Waals surface area contributed by atoms with Gasteiger partial charge in [-0.15, -0.1) is 0 Å². The number of benzene rings is 1. The number of hydrogen-bond acceptors (Lipinski definition) is 5. The first-order chi connectivity index (χ1) is 11.7. The minimum atomic E-state index is -0.245. The molecular formula is C18H18N4O2. The molecule has 0 aliphatic carbocycles. The Morgan fingerprint density at radius 3 is 2.50 bits per heavy atom. The molecular weight excluding hydrogens is 304 g/mol. The van der Waals surface area contributed by atoms with E-state index in [1.165, 1.54) is 18.0 Å². The van der Waals surface area contributed by atoms with E-state index >= 15 is 0 Å². The summed E-state index contributed by atoms with van der Waals surface area (Å²) >= 11 is 0. The van der Waals surface area contributed by atoms with Crippen LogP contribution in [0, 0.1) is 0 Å². The molecule has 2 aromatic heterocycles. The van der Waals surface area contributed by atoms with E-state index in [1.807, 2.05) is 12.1 Å². The highest BCUT2D eigenvalue weighted by molar-refractivity contribution is 5.93. The zero-order valence-corrected chi connectivity index (χ0v) is 13.3. The molecule has 0 aliphatic heterocycles. The van der Waals surface area contributed by atoms with Crippen molar-refractivity contribution < 1.29 is 9.21 Å². The molecule has 2 N–H and O–H groups in total. The average molecular weight is 322 g/mol. The van der Waals surface area contributed by atoms with Crippen LogP contribution in [0.5, 0.6) is 0 Å². The third-order valence-electron chi connectivity index (χ3n) is 3.54. The number of furan rings is 1. The van der Waals surface area contributed by atoms with Crippen molar-refractivity contribution >= 4 is 17.5 Å². The van der Waals surface area contributed by atoms with Crippen molar-refractivity contribution in [3.8, 4) is 0 Å². The molecule has 3 rings (SSSR count). The van der Waals surface area contributed by atoms with Crippen LogP contribution in [-0.2, 0) is 13.0 Å². The van der Waals surface area contributed by atoms with E-state index in [9.17, 15) is 4.79 Å². The lowest BCUT2D eigenvalue weighted by Crippen LogP contribution is -2.22. The number of hydrogen-bond donors (Lipinski definition) is 2. The standard InChI is InChI=1S/C18H18N4O2/c1-2-13-5-7-15(8-6-13)22-18-20-10-14(11-21-18)17(23)19-12-16-4-3-9-24-16/h3-11H,2,12H2,1H3,(H,19,23)(H,20,21,22). The van der Waals surface area contributed by atoms with Crippen molar-refractivity contribution in [3.05, 3.63) is 71.9 Å². The minimum absolute atomic E-state index is 0.245. The van der Waals surface area contributed by atoms with Gasteiger partial charge in [0.25, 0.3) is 5.91 Å². The number of aryl methyl sites for hydroxylation is 1. The Morgan fingerprint density at radius 1 is 1.12 bits per heavy atom. The van der Waals surface area contributed by atoms with Crippen LogP contribution >= 0.6 is 0 Å². The molecule has 122 valence electrons. The van der Waals surface area contributed by atoms with Gasteiger partial charge in [-0.05, 0) is 36.2 Å². The van der Waals surface area contributed by atoms with Crippen LogP contribution < -0.4 is 10.6 Å². The maximum atomic E-state index is 12.0. The van der Waals surface area contributed by atoms with E-state index in [2.05, 4.69) is 39.7 Å². The van der Waals surface area contributed by atoms with E-state index < -0.39 is 0 Å². The molecule has 0 radical (unpaired) electrons. The third-order valence-corrected chi connectivity index (χ3v) is 3.54. The molecule has 1 aromatic carbocycles. The molecule has 6 nitrogen and oxygen atoms in total. The fourth-order valence-corrected chi connectivity index (χ4v) is 2.15. The smallest absolute Gasteiger partial charge is 0.254 e. The molecule has 1 amide bonds. The van der Waals surface area contributed by atoms with E-state index in [4.69, 9.17) is 4.42 Å². The number of nitrogens with zero attached hydrogens (tertiary/aromatic N) is 2. The van der Waals surface area contributed by atoms with Crippen LogP contribution in [0.3, 0.4) is 0 Å². The van der Waals surface area contributed by atoms with Crippen molar-refractivity contribution in [2.24, 2.45) is 0 Å². The first-order valence-corrected chi connectivity index (χ1v) is 7.73. The average Bonchev–Trinajstić information content (AvgIpc) is 3.14. The summed E-state index contributed by atoms with van der Waals surface area (Å²) in [6.07, 6.45) is 5.55. The first kappa shape index (κ1) is 15.7. The molecule has 0 saturated carbocycles. The summed E-state index contributed by atoms with van der Waals surface area (Å²) in [5.41, 5.74) is 2.57. The van der Waals surface area contributed by atoms with Crippen molar-refractivity contribution in [3.63, 3.8) is 0 Å². The fourth-order valence-electron chi connectivity index (χ4n) is 2.15. The van der Waals surface area contributed by atoms with Crippen LogP contribution in [0.25, 0.3) is 0 Å². The van der Waals surface area contributed by atoms with Gasteiger partial charge in [0.1, 0.15) is 5.76 Å². The van der Waals surface area contributed by atoms with Gasteiger partial charge >= 0.3 is 0 Å². The second-order valence-electron chi connectivity index (χ2n) is 5.23. The molecule has 0 saturated heterocycles. The van der Waals surface area contributed by atoms with Gasteiger partial charge in [0.2, 0.25) is 5.95 Å². The Hall–Kier alpha value is -3.15. The summed E-state index contributed by atoms with van der Waals surface area (Å²) in [5, 5.41) is 5.86. The second kappa shape index (κ2) is 7.41. The maximum absolute atomic E-state index is 12.0. The summed E-state index contributed by atoms with van der Waals surface area (Å²) in [5.74, 6) is 0.894. The quantitative estimate of drug-likeness (QED) is 0.728.